The molecule has 2 heterocycles. The molecule has 1 amide bonds. The number of amides is 1. The number of anilines is 1. The number of hydrogen-bond acceptors (Lipinski definition) is 4. The van der Waals surface area contributed by atoms with Gasteiger partial charge in [-0.2, -0.15) is 5.10 Å². The number of nitrogens with one attached hydrogen (secondary N) is 1. The molecule has 17 heavy (non-hydrogen) atoms. The first-order valence-electron chi connectivity index (χ1n) is 4.87. The minimum absolute atomic E-state index is 0.0870. The van der Waals surface area contributed by atoms with Gasteiger partial charge >= 0.3 is 0 Å². The molecule has 2 aromatic heterocycles. The SMILES string of the molecule is Cc1cc(C(=O)Nc2ccnc(Cl)n2)n(C)n1. The van der Waals surface area contributed by atoms with Crippen LogP contribution < -0.4 is 5.32 Å². The molecule has 0 unspecified atom stereocenters. The fraction of sp³-hybridized carbons (Fsp3) is 0.200. The van der Waals surface area contributed by atoms with Crippen molar-refractivity contribution in [2.45, 2.75) is 6.92 Å². The van der Waals surface area contributed by atoms with Crippen LogP contribution in [0.3, 0.4) is 0 Å². The van der Waals surface area contributed by atoms with Gasteiger partial charge in [0.15, 0.2) is 0 Å². The highest BCUT2D eigenvalue weighted by Gasteiger charge is 2.12. The molecule has 6 nitrogen and oxygen atoms in total. The number of carbonyl (C=O) groups is 1. The van der Waals surface area contributed by atoms with Gasteiger partial charge in [-0.25, -0.2) is 9.97 Å². The van der Waals surface area contributed by atoms with Crippen LogP contribution in [-0.2, 0) is 7.05 Å². The second-order valence-electron chi connectivity index (χ2n) is 3.46. The number of hydrogen-bond donors (Lipinski definition) is 1. The zero-order chi connectivity index (χ0) is 12.4. The standard InChI is InChI=1S/C10H10ClN5O/c1-6-5-7(16(2)15-6)9(17)13-8-3-4-12-10(11)14-8/h3-5H,1-2H3,(H,12,13,14,17). The fourth-order valence-electron chi connectivity index (χ4n) is 1.41. The van der Waals surface area contributed by atoms with E-state index in [1.165, 1.54) is 10.9 Å². The molecule has 0 atom stereocenters. The summed E-state index contributed by atoms with van der Waals surface area (Å²) < 4.78 is 1.51. The Morgan fingerprint density at radius 3 is 2.88 bits per heavy atom. The van der Waals surface area contributed by atoms with Gasteiger partial charge in [0.25, 0.3) is 5.91 Å². The molecule has 0 radical (unpaired) electrons. The van der Waals surface area contributed by atoms with Crippen LogP contribution in [0.1, 0.15) is 16.2 Å². The van der Waals surface area contributed by atoms with Crippen LogP contribution in [0.15, 0.2) is 18.3 Å². The summed E-state index contributed by atoms with van der Waals surface area (Å²) in [5.41, 5.74) is 1.23. The molecule has 0 saturated carbocycles. The second-order valence-corrected chi connectivity index (χ2v) is 3.80. The van der Waals surface area contributed by atoms with Crippen molar-refractivity contribution in [3.8, 4) is 0 Å². The lowest BCUT2D eigenvalue weighted by atomic mass is 10.3. The van der Waals surface area contributed by atoms with Gasteiger partial charge in [0.2, 0.25) is 5.28 Å². The molecule has 0 aliphatic heterocycles. The minimum atomic E-state index is -0.289. The highest BCUT2D eigenvalue weighted by Crippen LogP contribution is 2.09. The van der Waals surface area contributed by atoms with Crippen LogP contribution in [0.4, 0.5) is 5.82 Å². The van der Waals surface area contributed by atoms with Gasteiger partial charge in [-0.1, -0.05) is 0 Å². The molecule has 0 aliphatic carbocycles. The summed E-state index contributed by atoms with van der Waals surface area (Å²) in [5.74, 6) is 0.0664. The number of halogens is 1. The molecule has 0 fully saturated rings. The minimum Gasteiger partial charge on any atom is -0.305 e. The van der Waals surface area contributed by atoms with E-state index in [1.54, 1.807) is 19.2 Å². The molecule has 7 heteroatoms. The summed E-state index contributed by atoms with van der Waals surface area (Å²) in [4.78, 5) is 19.5. The molecule has 88 valence electrons. The van der Waals surface area contributed by atoms with Crippen LogP contribution >= 0.6 is 11.6 Å². The topological polar surface area (TPSA) is 72.7 Å². The maximum atomic E-state index is 11.9. The first-order chi connectivity index (χ1) is 8.06. The maximum Gasteiger partial charge on any atom is 0.275 e. The molecule has 0 saturated heterocycles. The van der Waals surface area contributed by atoms with Crippen molar-refractivity contribution in [1.29, 1.82) is 0 Å². The van der Waals surface area contributed by atoms with Gasteiger partial charge in [0.05, 0.1) is 5.69 Å². The largest absolute Gasteiger partial charge is 0.305 e. The maximum absolute atomic E-state index is 11.9. The lowest BCUT2D eigenvalue weighted by Crippen LogP contribution is -2.16. The average Bonchev–Trinajstić information content (AvgIpc) is 2.58. The quantitative estimate of drug-likeness (QED) is 0.820. The van der Waals surface area contributed by atoms with Crippen molar-refractivity contribution >= 4 is 23.3 Å². The Bertz CT molecular complexity index is 566. The molecule has 1 N–H and O–H groups in total. The third kappa shape index (κ3) is 2.59. The number of aromatic nitrogens is 4. The first-order valence-corrected chi connectivity index (χ1v) is 5.24. The van der Waals surface area contributed by atoms with Crippen LogP contribution in [-0.4, -0.2) is 25.7 Å². The van der Waals surface area contributed by atoms with Crippen LogP contribution in [0.25, 0.3) is 0 Å². The highest BCUT2D eigenvalue weighted by atomic mass is 35.5. The van der Waals surface area contributed by atoms with E-state index >= 15 is 0 Å². The van der Waals surface area contributed by atoms with Crippen molar-refractivity contribution < 1.29 is 4.79 Å². The zero-order valence-corrected chi connectivity index (χ0v) is 10.1. The van der Waals surface area contributed by atoms with E-state index in [-0.39, 0.29) is 11.2 Å². The molecule has 0 bridgehead atoms. The van der Waals surface area contributed by atoms with Crippen molar-refractivity contribution in [2.75, 3.05) is 5.32 Å². The number of carbonyl (C=O) groups excluding carboxylic acids is 1. The molecule has 0 aromatic carbocycles. The van der Waals surface area contributed by atoms with Crippen molar-refractivity contribution in [2.24, 2.45) is 7.05 Å². The monoisotopic (exact) mass is 251 g/mol. The van der Waals surface area contributed by atoms with Crippen molar-refractivity contribution in [3.63, 3.8) is 0 Å². The lowest BCUT2D eigenvalue weighted by molar-refractivity contribution is 0.101. The summed E-state index contributed by atoms with van der Waals surface area (Å²) in [6.07, 6.45) is 1.47. The van der Waals surface area contributed by atoms with Gasteiger partial charge in [0.1, 0.15) is 11.5 Å². The smallest absolute Gasteiger partial charge is 0.275 e. The summed E-state index contributed by atoms with van der Waals surface area (Å²) in [6, 6.07) is 3.26. The van der Waals surface area contributed by atoms with Gasteiger partial charge in [0, 0.05) is 13.2 Å². The predicted octanol–water partition coefficient (Wildman–Crippen LogP) is 1.42. The Labute approximate surface area is 103 Å². The van der Waals surface area contributed by atoms with E-state index in [0.29, 0.717) is 11.5 Å². The Kier molecular flexibility index (Phi) is 3.06. The molecule has 0 spiro atoms. The van der Waals surface area contributed by atoms with Gasteiger partial charge < -0.3 is 5.32 Å². The zero-order valence-electron chi connectivity index (χ0n) is 9.31. The van der Waals surface area contributed by atoms with Crippen molar-refractivity contribution in [3.05, 3.63) is 35.0 Å². The van der Waals surface area contributed by atoms with Gasteiger partial charge in [-0.3, -0.25) is 9.48 Å². The Morgan fingerprint density at radius 2 is 2.29 bits per heavy atom. The van der Waals surface area contributed by atoms with E-state index < -0.39 is 0 Å². The van der Waals surface area contributed by atoms with E-state index in [9.17, 15) is 4.79 Å². The Morgan fingerprint density at radius 1 is 1.53 bits per heavy atom. The normalized spacial score (nSPS) is 10.3. The molecule has 2 aromatic rings. The van der Waals surface area contributed by atoms with Crippen molar-refractivity contribution in [1.82, 2.24) is 19.7 Å². The first kappa shape index (κ1) is 11.5. The van der Waals surface area contributed by atoms with E-state index in [0.717, 1.165) is 5.69 Å². The number of nitrogens with zero attached hydrogens (tertiary/aromatic N) is 4. The lowest BCUT2D eigenvalue weighted by Gasteiger charge is -2.03. The van der Waals surface area contributed by atoms with E-state index in [2.05, 4.69) is 20.4 Å². The summed E-state index contributed by atoms with van der Waals surface area (Å²) >= 11 is 5.62. The Balaban J connectivity index is 2.20. The average molecular weight is 252 g/mol. The van der Waals surface area contributed by atoms with Crippen LogP contribution in [0.2, 0.25) is 5.28 Å². The molecular formula is C10H10ClN5O. The van der Waals surface area contributed by atoms with Crippen LogP contribution in [0.5, 0.6) is 0 Å². The van der Waals surface area contributed by atoms with E-state index in [1.807, 2.05) is 6.92 Å². The summed E-state index contributed by atoms with van der Waals surface area (Å²) in [7, 11) is 1.70. The Hall–Kier alpha value is -1.95. The highest BCUT2D eigenvalue weighted by molar-refractivity contribution is 6.28. The summed E-state index contributed by atoms with van der Waals surface area (Å²) in [5, 5.41) is 6.79. The molecule has 2 rings (SSSR count). The molecular weight excluding hydrogens is 242 g/mol. The van der Waals surface area contributed by atoms with Gasteiger partial charge in [-0.15, -0.1) is 0 Å². The molecule has 0 aliphatic rings. The number of rotatable bonds is 2. The third-order valence-electron chi connectivity index (χ3n) is 2.10. The second kappa shape index (κ2) is 4.50. The van der Waals surface area contributed by atoms with Gasteiger partial charge in [-0.05, 0) is 30.7 Å². The van der Waals surface area contributed by atoms with E-state index in [4.69, 9.17) is 11.6 Å². The van der Waals surface area contributed by atoms with Crippen LogP contribution in [0, 0.1) is 6.92 Å². The predicted molar refractivity (Wildman–Crippen MR) is 62.9 cm³/mol. The third-order valence-corrected chi connectivity index (χ3v) is 2.28. The number of aryl methyl sites for hydroxylation is 2. The fourth-order valence-corrected chi connectivity index (χ4v) is 1.56. The summed E-state index contributed by atoms with van der Waals surface area (Å²) in [6.45, 7) is 1.82.